The van der Waals surface area contributed by atoms with E-state index in [-0.39, 0.29) is 11.7 Å². The topological polar surface area (TPSA) is 48.5 Å². The lowest BCUT2D eigenvalue weighted by Gasteiger charge is -2.38. The zero-order valence-corrected chi connectivity index (χ0v) is 14.2. The van der Waals surface area contributed by atoms with Gasteiger partial charge in [0, 0.05) is 55.4 Å². The van der Waals surface area contributed by atoms with E-state index in [1.807, 2.05) is 11.0 Å². The minimum Gasteiger partial charge on any atom is -0.367 e. The van der Waals surface area contributed by atoms with Crippen LogP contribution in [0.4, 0.5) is 10.1 Å². The molecule has 5 nitrogen and oxygen atoms in total. The molecule has 2 aliphatic heterocycles. The number of benzene rings is 1. The van der Waals surface area contributed by atoms with E-state index in [0.29, 0.717) is 11.4 Å². The van der Waals surface area contributed by atoms with Gasteiger partial charge in [0.2, 0.25) is 5.91 Å². The molecule has 1 amide bonds. The highest BCUT2D eigenvalue weighted by atomic mass is 19.1. The number of piperazine rings is 1. The first-order valence-corrected chi connectivity index (χ1v) is 9.01. The summed E-state index contributed by atoms with van der Waals surface area (Å²) in [6, 6.07) is 6.71. The summed E-state index contributed by atoms with van der Waals surface area (Å²) in [6.45, 7) is 4.97. The molecule has 3 heterocycles. The molecule has 0 unspecified atom stereocenters. The predicted molar refractivity (Wildman–Crippen MR) is 96.1 cm³/mol. The fourth-order valence-electron chi connectivity index (χ4n) is 3.88. The third kappa shape index (κ3) is 3.31. The maximum atomic E-state index is 13.4. The van der Waals surface area contributed by atoms with Gasteiger partial charge in [0.1, 0.15) is 5.82 Å². The molecule has 1 N–H and O–H groups in total. The molecule has 2 saturated heterocycles. The van der Waals surface area contributed by atoms with E-state index in [4.69, 9.17) is 0 Å². The molecule has 6 heteroatoms. The van der Waals surface area contributed by atoms with Gasteiger partial charge in [-0.2, -0.15) is 0 Å². The molecule has 2 fully saturated rings. The Balaban J connectivity index is 1.46. The second kappa shape index (κ2) is 6.96. The molecular formula is C19H23FN4O. The van der Waals surface area contributed by atoms with Gasteiger partial charge in [-0.1, -0.05) is 0 Å². The summed E-state index contributed by atoms with van der Waals surface area (Å²) >= 11 is 0. The summed E-state index contributed by atoms with van der Waals surface area (Å²) in [7, 11) is 0. The van der Waals surface area contributed by atoms with E-state index in [9.17, 15) is 9.18 Å². The highest BCUT2D eigenvalue weighted by Crippen LogP contribution is 2.27. The van der Waals surface area contributed by atoms with Crippen LogP contribution in [-0.2, 0) is 4.79 Å². The molecular weight excluding hydrogens is 319 g/mol. The number of carbonyl (C=O) groups excluding carboxylic acids is 1. The van der Waals surface area contributed by atoms with Crippen molar-refractivity contribution in [3.63, 3.8) is 0 Å². The van der Waals surface area contributed by atoms with Gasteiger partial charge in [0.25, 0.3) is 0 Å². The van der Waals surface area contributed by atoms with Gasteiger partial charge in [-0.25, -0.2) is 4.39 Å². The predicted octanol–water partition coefficient (Wildman–Crippen LogP) is 2.02. The zero-order valence-electron chi connectivity index (χ0n) is 14.2. The molecule has 0 spiro atoms. The summed E-state index contributed by atoms with van der Waals surface area (Å²) in [5, 5.41) is 4.27. The fraction of sp³-hybridized carbons (Fsp3) is 0.474. The molecule has 0 saturated carbocycles. The summed E-state index contributed by atoms with van der Waals surface area (Å²) in [6.07, 6.45) is 3.61. The van der Waals surface area contributed by atoms with E-state index in [0.717, 1.165) is 63.2 Å². The van der Waals surface area contributed by atoms with Crippen LogP contribution < -0.4 is 10.2 Å². The molecule has 0 radical (unpaired) electrons. The molecule has 0 aliphatic carbocycles. The maximum Gasteiger partial charge on any atom is 0.225 e. The average molecular weight is 342 g/mol. The summed E-state index contributed by atoms with van der Waals surface area (Å²) in [5.74, 6) is 0.217. The summed E-state index contributed by atoms with van der Waals surface area (Å²) < 4.78 is 13.4. The lowest BCUT2D eigenvalue weighted by Crippen LogP contribution is -2.51. The van der Waals surface area contributed by atoms with E-state index >= 15 is 0 Å². The molecule has 25 heavy (non-hydrogen) atoms. The van der Waals surface area contributed by atoms with Gasteiger partial charge in [-0.3, -0.25) is 9.78 Å². The molecule has 4 rings (SSSR count). The van der Waals surface area contributed by atoms with Gasteiger partial charge >= 0.3 is 0 Å². The standard InChI is InChI=1S/C19H23FN4O/c20-15-1-2-16-17(13-15)22-8-5-18(16)23-9-11-24(12-10-23)19(25)14-3-6-21-7-4-14/h1-2,5,8,13-14,21H,3-4,6-7,9-12H2. The van der Waals surface area contributed by atoms with Crippen LogP contribution in [0.1, 0.15) is 12.8 Å². The lowest BCUT2D eigenvalue weighted by molar-refractivity contribution is -0.136. The van der Waals surface area contributed by atoms with Crippen molar-refractivity contribution in [2.45, 2.75) is 12.8 Å². The van der Waals surface area contributed by atoms with Crippen molar-refractivity contribution in [3.8, 4) is 0 Å². The number of piperidine rings is 1. The second-order valence-corrected chi connectivity index (χ2v) is 6.83. The van der Waals surface area contributed by atoms with Crippen LogP contribution in [0.25, 0.3) is 10.9 Å². The van der Waals surface area contributed by atoms with Gasteiger partial charge in [0.05, 0.1) is 5.52 Å². The van der Waals surface area contributed by atoms with Gasteiger partial charge < -0.3 is 15.1 Å². The Morgan fingerprint density at radius 3 is 2.64 bits per heavy atom. The Labute approximate surface area is 146 Å². The Morgan fingerprint density at radius 2 is 1.88 bits per heavy atom. The average Bonchev–Trinajstić information content (AvgIpc) is 2.67. The SMILES string of the molecule is O=C(C1CCNCC1)N1CCN(c2ccnc3cc(F)ccc23)CC1. The first-order chi connectivity index (χ1) is 12.2. The number of rotatable bonds is 2. The monoisotopic (exact) mass is 342 g/mol. The number of aromatic nitrogens is 1. The van der Waals surface area contributed by atoms with Crippen LogP contribution in [0.15, 0.2) is 30.5 Å². The van der Waals surface area contributed by atoms with E-state index in [2.05, 4.69) is 15.2 Å². The van der Waals surface area contributed by atoms with Crippen molar-refractivity contribution in [1.29, 1.82) is 0 Å². The van der Waals surface area contributed by atoms with E-state index < -0.39 is 0 Å². The molecule has 1 aromatic heterocycles. The summed E-state index contributed by atoms with van der Waals surface area (Å²) in [5.41, 5.74) is 1.74. The van der Waals surface area contributed by atoms with Crippen molar-refractivity contribution >= 4 is 22.5 Å². The third-order valence-electron chi connectivity index (χ3n) is 5.30. The van der Waals surface area contributed by atoms with Crippen LogP contribution in [0.3, 0.4) is 0 Å². The first-order valence-electron chi connectivity index (χ1n) is 9.01. The fourth-order valence-corrected chi connectivity index (χ4v) is 3.88. The second-order valence-electron chi connectivity index (χ2n) is 6.83. The molecule has 2 aromatic rings. The Hall–Kier alpha value is -2.21. The number of nitrogens with zero attached hydrogens (tertiary/aromatic N) is 3. The third-order valence-corrected chi connectivity index (χ3v) is 5.30. The van der Waals surface area contributed by atoms with Gasteiger partial charge in [-0.05, 0) is 44.1 Å². The van der Waals surface area contributed by atoms with Crippen molar-refractivity contribution < 1.29 is 9.18 Å². The number of fused-ring (bicyclic) bond motifs is 1. The van der Waals surface area contributed by atoms with E-state index in [1.165, 1.54) is 12.1 Å². The Morgan fingerprint density at radius 1 is 1.12 bits per heavy atom. The maximum absolute atomic E-state index is 13.4. The number of halogens is 1. The molecule has 0 bridgehead atoms. The highest BCUT2D eigenvalue weighted by Gasteiger charge is 2.28. The zero-order chi connectivity index (χ0) is 17.2. The van der Waals surface area contributed by atoms with Crippen molar-refractivity contribution in [1.82, 2.24) is 15.2 Å². The first kappa shape index (κ1) is 16.3. The van der Waals surface area contributed by atoms with Crippen molar-refractivity contribution in [2.75, 3.05) is 44.2 Å². The number of pyridine rings is 1. The lowest BCUT2D eigenvalue weighted by atomic mass is 9.96. The van der Waals surface area contributed by atoms with Crippen LogP contribution in [0.5, 0.6) is 0 Å². The minimum absolute atomic E-state index is 0.178. The molecule has 0 atom stereocenters. The number of hydrogen-bond donors (Lipinski definition) is 1. The van der Waals surface area contributed by atoms with Gasteiger partial charge in [-0.15, -0.1) is 0 Å². The highest BCUT2D eigenvalue weighted by molar-refractivity contribution is 5.91. The Kier molecular flexibility index (Phi) is 4.53. The number of anilines is 1. The van der Waals surface area contributed by atoms with Crippen molar-refractivity contribution in [3.05, 3.63) is 36.3 Å². The Bertz CT molecular complexity index is 767. The van der Waals surface area contributed by atoms with Crippen LogP contribution >= 0.6 is 0 Å². The van der Waals surface area contributed by atoms with Crippen LogP contribution in [-0.4, -0.2) is 55.1 Å². The number of carbonyl (C=O) groups is 1. The number of hydrogen-bond acceptors (Lipinski definition) is 4. The minimum atomic E-state index is -0.269. The molecule has 132 valence electrons. The molecule has 2 aliphatic rings. The smallest absolute Gasteiger partial charge is 0.225 e. The van der Waals surface area contributed by atoms with Gasteiger partial charge in [0.15, 0.2) is 0 Å². The molecule has 1 aromatic carbocycles. The number of nitrogens with one attached hydrogen (secondary N) is 1. The normalized spacial score (nSPS) is 19.4. The number of amides is 1. The largest absolute Gasteiger partial charge is 0.367 e. The van der Waals surface area contributed by atoms with Crippen LogP contribution in [0, 0.1) is 11.7 Å². The van der Waals surface area contributed by atoms with E-state index in [1.54, 1.807) is 12.3 Å². The summed E-state index contributed by atoms with van der Waals surface area (Å²) in [4.78, 5) is 21.2. The van der Waals surface area contributed by atoms with Crippen LogP contribution in [0.2, 0.25) is 0 Å². The quantitative estimate of drug-likeness (QED) is 0.907. The van der Waals surface area contributed by atoms with Crippen molar-refractivity contribution in [2.24, 2.45) is 5.92 Å².